The standard InChI is InChI=1S/C29H52O2/c1-7-20(18(2)3)9-8-19(4)23-10-11-24-22-17-27(31)26-16-21(30)12-14-29(26,6)25(22)13-15-28(23,24)5/h18-27,30-31H,7-17H2,1-6H3/t19-,20-,21+,22+,23-,24+,25-,26-,27+,28-,29-/m1/s1. The number of rotatable bonds is 6. The van der Waals surface area contributed by atoms with Crippen LogP contribution in [0.4, 0.5) is 0 Å². The summed E-state index contributed by atoms with van der Waals surface area (Å²) in [5, 5.41) is 21.5. The Kier molecular flexibility index (Phi) is 6.93. The van der Waals surface area contributed by atoms with Gasteiger partial charge in [-0.25, -0.2) is 0 Å². The van der Waals surface area contributed by atoms with Crippen LogP contribution in [0.25, 0.3) is 0 Å². The first-order chi connectivity index (χ1) is 14.6. The van der Waals surface area contributed by atoms with Crippen LogP contribution in [0, 0.1) is 58.2 Å². The molecule has 180 valence electrons. The summed E-state index contributed by atoms with van der Waals surface area (Å²) in [4.78, 5) is 0. The maximum absolute atomic E-state index is 11.2. The van der Waals surface area contributed by atoms with E-state index in [9.17, 15) is 10.2 Å². The Bertz CT molecular complexity index is 616. The average Bonchev–Trinajstić information content (AvgIpc) is 3.07. The maximum atomic E-state index is 11.2. The predicted molar refractivity (Wildman–Crippen MR) is 130 cm³/mol. The Balaban J connectivity index is 1.48. The van der Waals surface area contributed by atoms with E-state index < -0.39 is 0 Å². The molecule has 4 aliphatic carbocycles. The molecule has 31 heavy (non-hydrogen) atoms. The molecule has 4 saturated carbocycles. The third kappa shape index (κ3) is 4.05. The van der Waals surface area contributed by atoms with Gasteiger partial charge >= 0.3 is 0 Å². The molecule has 0 unspecified atom stereocenters. The molecule has 0 aromatic heterocycles. The van der Waals surface area contributed by atoms with Gasteiger partial charge in [0, 0.05) is 0 Å². The van der Waals surface area contributed by atoms with Crippen LogP contribution in [-0.4, -0.2) is 22.4 Å². The summed E-state index contributed by atoms with van der Waals surface area (Å²) in [5.74, 6) is 6.01. The molecule has 0 spiro atoms. The Morgan fingerprint density at radius 3 is 2.16 bits per heavy atom. The first kappa shape index (κ1) is 24.1. The van der Waals surface area contributed by atoms with Crippen LogP contribution in [0.5, 0.6) is 0 Å². The quantitative estimate of drug-likeness (QED) is 0.471. The van der Waals surface area contributed by atoms with Crippen molar-refractivity contribution in [2.24, 2.45) is 58.2 Å². The fourth-order valence-electron chi connectivity index (χ4n) is 9.94. The van der Waals surface area contributed by atoms with Crippen molar-refractivity contribution in [3.63, 3.8) is 0 Å². The molecule has 0 aliphatic heterocycles. The van der Waals surface area contributed by atoms with Crippen LogP contribution in [0.2, 0.25) is 0 Å². The van der Waals surface area contributed by atoms with E-state index in [-0.39, 0.29) is 17.6 Å². The molecular weight excluding hydrogens is 380 g/mol. The predicted octanol–water partition coefficient (Wildman–Crippen LogP) is 7.08. The van der Waals surface area contributed by atoms with Gasteiger partial charge < -0.3 is 10.2 Å². The van der Waals surface area contributed by atoms with Crippen LogP contribution >= 0.6 is 0 Å². The molecule has 0 bridgehead atoms. The zero-order chi connectivity index (χ0) is 22.6. The second-order valence-electron chi connectivity index (χ2n) is 13.4. The van der Waals surface area contributed by atoms with Gasteiger partial charge in [0.15, 0.2) is 0 Å². The van der Waals surface area contributed by atoms with E-state index in [4.69, 9.17) is 0 Å². The summed E-state index contributed by atoms with van der Waals surface area (Å²) in [6.07, 6.45) is 13.2. The molecule has 0 aromatic carbocycles. The SMILES string of the molecule is CC[C@H](CC[C@@H](C)[C@H]1CC[C@H]2[C@@H]3C[C@H](O)[C@H]4C[C@@H](O)CC[C@]4(C)[C@@H]3CC[C@]12C)C(C)C. The Morgan fingerprint density at radius 1 is 0.806 bits per heavy atom. The van der Waals surface area contributed by atoms with E-state index in [1.807, 2.05) is 0 Å². The highest BCUT2D eigenvalue weighted by atomic mass is 16.3. The van der Waals surface area contributed by atoms with E-state index in [1.54, 1.807) is 0 Å². The third-order valence-electron chi connectivity index (χ3n) is 11.9. The van der Waals surface area contributed by atoms with E-state index in [1.165, 1.54) is 44.9 Å². The van der Waals surface area contributed by atoms with Crippen molar-refractivity contribution in [2.75, 3.05) is 0 Å². The summed E-state index contributed by atoms with van der Waals surface area (Å²) < 4.78 is 0. The number of fused-ring (bicyclic) bond motifs is 5. The average molecular weight is 433 g/mol. The minimum Gasteiger partial charge on any atom is -0.393 e. The van der Waals surface area contributed by atoms with Crippen molar-refractivity contribution in [1.29, 1.82) is 0 Å². The van der Waals surface area contributed by atoms with E-state index >= 15 is 0 Å². The normalized spacial score (nSPS) is 49.3. The van der Waals surface area contributed by atoms with Gasteiger partial charge in [-0.05, 0) is 116 Å². The molecule has 4 rings (SSSR count). The molecule has 2 N–H and O–H groups in total. The van der Waals surface area contributed by atoms with Gasteiger partial charge in [0.25, 0.3) is 0 Å². The molecule has 2 heteroatoms. The monoisotopic (exact) mass is 432 g/mol. The molecule has 0 heterocycles. The lowest BCUT2D eigenvalue weighted by Gasteiger charge is -2.62. The summed E-state index contributed by atoms with van der Waals surface area (Å²) in [6.45, 7) is 14.9. The minimum atomic E-state index is -0.198. The van der Waals surface area contributed by atoms with Crippen molar-refractivity contribution >= 4 is 0 Å². The summed E-state index contributed by atoms with van der Waals surface area (Å²) >= 11 is 0. The molecule has 11 atom stereocenters. The largest absolute Gasteiger partial charge is 0.393 e. The molecule has 0 saturated heterocycles. The van der Waals surface area contributed by atoms with Crippen molar-refractivity contribution in [3.05, 3.63) is 0 Å². The highest BCUT2D eigenvalue weighted by Gasteiger charge is 2.62. The van der Waals surface area contributed by atoms with Gasteiger partial charge in [-0.3, -0.25) is 0 Å². The Labute approximate surface area is 193 Å². The van der Waals surface area contributed by atoms with Gasteiger partial charge in [-0.2, -0.15) is 0 Å². The highest BCUT2D eigenvalue weighted by Crippen LogP contribution is 2.68. The lowest BCUT2D eigenvalue weighted by atomic mass is 9.43. The Hall–Kier alpha value is -0.0800. The van der Waals surface area contributed by atoms with Crippen LogP contribution in [-0.2, 0) is 0 Å². The number of hydrogen-bond donors (Lipinski definition) is 2. The van der Waals surface area contributed by atoms with E-state index in [2.05, 4.69) is 41.5 Å². The summed E-state index contributed by atoms with van der Waals surface area (Å²) in [6, 6.07) is 0. The van der Waals surface area contributed by atoms with E-state index in [0.29, 0.717) is 17.3 Å². The van der Waals surface area contributed by atoms with Crippen LogP contribution in [0.1, 0.15) is 112 Å². The molecule has 0 aromatic rings. The number of hydrogen-bond acceptors (Lipinski definition) is 2. The molecule has 0 amide bonds. The second kappa shape index (κ2) is 8.94. The van der Waals surface area contributed by atoms with Crippen molar-refractivity contribution in [2.45, 2.75) is 124 Å². The van der Waals surface area contributed by atoms with Gasteiger partial charge in [-0.1, -0.05) is 54.4 Å². The fraction of sp³-hybridized carbons (Fsp3) is 1.00. The fourth-order valence-corrected chi connectivity index (χ4v) is 9.94. The van der Waals surface area contributed by atoms with Crippen molar-refractivity contribution in [3.8, 4) is 0 Å². The van der Waals surface area contributed by atoms with Crippen LogP contribution in [0.3, 0.4) is 0 Å². The minimum absolute atomic E-state index is 0.187. The van der Waals surface area contributed by atoms with E-state index in [0.717, 1.165) is 61.2 Å². The topological polar surface area (TPSA) is 40.5 Å². The lowest BCUT2D eigenvalue weighted by Crippen LogP contribution is -2.58. The molecule has 4 fully saturated rings. The first-order valence-corrected chi connectivity index (χ1v) is 14.0. The Morgan fingerprint density at radius 2 is 1.48 bits per heavy atom. The second-order valence-corrected chi connectivity index (χ2v) is 13.4. The highest BCUT2D eigenvalue weighted by molar-refractivity contribution is 5.11. The smallest absolute Gasteiger partial charge is 0.0577 e. The number of aliphatic hydroxyl groups excluding tert-OH is 2. The van der Waals surface area contributed by atoms with Crippen LogP contribution in [0.15, 0.2) is 0 Å². The molecule has 0 radical (unpaired) electrons. The summed E-state index contributed by atoms with van der Waals surface area (Å²) in [7, 11) is 0. The van der Waals surface area contributed by atoms with Crippen molar-refractivity contribution < 1.29 is 10.2 Å². The van der Waals surface area contributed by atoms with Crippen molar-refractivity contribution in [1.82, 2.24) is 0 Å². The molecular formula is C29H52O2. The molecule has 4 aliphatic rings. The van der Waals surface area contributed by atoms with Gasteiger partial charge in [-0.15, -0.1) is 0 Å². The van der Waals surface area contributed by atoms with Gasteiger partial charge in [0.05, 0.1) is 12.2 Å². The van der Waals surface area contributed by atoms with Crippen LogP contribution < -0.4 is 0 Å². The third-order valence-corrected chi connectivity index (χ3v) is 11.9. The van der Waals surface area contributed by atoms with Gasteiger partial charge in [0.1, 0.15) is 0 Å². The van der Waals surface area contributed by atoms with Gasteiger partial charge in [0.2, 0.25) is 0 Å². The number of aliphatic hydroxyl groups is 2. The molecule has 2 nitrogen and oxygen atoms in total. The zero-order valence-electron chi connectivity index (χ0n) is 21.4. The zero-order valence-corrected chi connectivity index (χ0v) is 21.4. The summed E-state index contributed by atoms with van der Waals surface area (Å²) in [5.41, 5.74) is 0.732. The first-order valence-electron chi connectivity index (χ1n) is 14.0. The lowest BCUT2D eigenvalue weighted by molar-refractivity contribution is -0.172. The maximum Gasteiger partial charge on any atom is 0.0577 e.